The third-order valence-electron chi connectivity index (χ3n) is 3.77. The summed E-state index contributed by atoms with van der Waals surface area (Å²) in [5, 5.41) is 0.371. The number of halogens is 2. The van der Waals surface area contributed by atoms with Gasteiger partial charge >= 0.3 is 0 Å². The molecule has 0 fully saturated rings. The van der Waals surface area contributed by atoms with E-state index in [2.05, 4.69) is 0 Å². The molecule has 0 N–H and O–H groups in total. The maximum atomic E-state index is 13.3. The number of likely N-dealkylation sites (N-methyl/N-ethyl adjacent to an activating group) is 1. The largest absolute Gasteiger partial charge is 0.337 e. The summed E-state index contributed by atoms with van der Waals surface area (Å²) < 4.78 is 38.7. The molecule has 0 atom stereocenters. The molecular weight excluding hydrogens is 379 g/mol. The van der Waals surface area contributed by atoms with Crippen molar-refractivity contribution in [2.75, 3.05) is 23.7 Å². The van der Waals surface area contributed by atoms with E-state index in [1.165, 1.54) is 23.1 Å². The third kappa shape index (κ3) is 5.44. The second kappa shape index (κ2) is 8.51. The lowest BCUT2D eigenvalue weighted by atomic mass is 10.2. The molecule has 8 heteroatoms. The van der Waals surface area contributed by atoms with Crippen molar-refractivity contribution in [1.29, 1.82) is 0 Å². The normalized spacial score (nSPS) is 11.2. The number of amides is 1. The van der Waals surface area contributed by atoms with Gasteiger partial charge in [0.2, 0.25) is 15.9 Å². The molecule has 0 aromatic heterocycles. The van der Waals surface area contributed by atoms with Crippen molar-refractivity contribution in [3.05, 3.63) is 64.9 Å². The molecule has 0 radical (unpaired) electrons. The molecule has 2 rings (SSSR count). The average Bonchev–Trinajstić information content (AvgIpc) is 2.56. The number of hydrogen-bond donors (Lipinski definition) is 0. The Bertz CT molecular complexity index is 890. The van der Waals surface area contributed by atoms with Crippen molar-refractivity contribution in [1.82, 2.24) is 4.90 Å². The Labute approximate surface area is 158 Å². The van der Waals surface area contributed by atoms with Crippen molar-refractivity contribution >= 4 is 33.2 Å². The number of anilines is 1. The van der Waals surface area contributed by atoms with Crippen LogP contribution in [0.2, 0.25) is 5.02 Å². The third-order valence-corrected chi connectivity index (χ3v) is 5.15. The Morgan fingerprint density at radius 3 is 2.42 bits per heavy atom. The quantitative estimate of drug-likeness (QED) is 0.719. The van der Waals surface area contributed by atoms with Crippen LogP contribution in [0.3, 0.4) is 0 Å². The van der Waals surface area contributed by atoms with Crippen LogP contribution in [-0.4, -0.2) is 38.6 Å². The highest BCUT2D eigenvalue weighted by Crippen LogP contribution is 2.22. The molecule has 5 nitrogen and oxygen atoms in total. The Kier molecular flexibility index (Phi) is 6.61. The molecule has 0 unspecified atom stereocenters. The SMILES string of the molecule is CCN(Cc1cccc(F)c1)C(=O)CN(c1cccc(Cl)c1)S(C)(=O)=O. The topological polar surface area (TPSA) is 57.7 Å². The zero-order chi connectivity index (χ0) is 19.3. The van der Waals surface area contributed by atoms with Gasteiger partial charge in [-0.1, -0.05) is 29.8 Å². The Morgan fingerprint density at radius 1 is 1.15 bits per heavy atom. The summed E-state index contributed by atoms with van der Waals surface area (Å²) >= 11 is 5.94. The summed E-state index contributed by atoms with van der Waals surface area (Å²) in [6.45, 7) is 1.98. The van der Waals surface area contributed by atoms with Crippen LogP contribution in [0.5, 0.6) is 0 Å². The van der Waals surface area contributed by atoms with Gasteiger partial charge < -0.3 is 4.90 Å². The molecule has 0 spiro atoms. The van der Waals surface area contributed by atoms with E-state index in [1.807, 2.05) is 0 Å². The summed E-state index contributed by atoms with van der Waals surface area (Å²) in [5.74, 6) is -0.773. The van der Waals surface area contributed by atoms with Crippen LogP contribution >= 0.6 is 11.6 Å². The molecule has 0 saturated heterocycles. The van der Waals surface area contributed by atoms with E-state index in [-0.39, 0.29) is 24.8 Å². The fraction of sp³-hybridized carbons (Fsp3) is 0.278. The smallest absolute Gasteiger partial charge is 0.243 e. The molecule has 0 saturated carbocycles. The molecule has 0 bridgehead atoms. The maximum absolute atomic E-state index is 13.3. The zero-order valence-corrected chi connectivity index (χ0v) is 16.1. The summed E-state index contributed by atoms with van der Waals surface area (Å²) in [4.78, 5) is 14.1. The molecule has 2 aromatic carbocycles. The Hall–Kier alpha value is -2.12. The van der Waals surface area contributed by atoms with Gasteiger partial charge in [0.15, 0.2) is 0 Å². The molecule has 140 valence electrons. The van der Waals surface area contributed by atoms with E-state index in [9.17, 15) is 17.6 Å². The molecule has 2 aromatic rings. The van der Waals surface area contributed by atoms with Crippen molar-refractivity contribution in [2.45, 2.75) is 13.5 Å². The number of nitrogens with zero attached hydrogens (tertiary/aromatic N) is 2. The summed E-state index contributed by atoms with van der Waals surface area (Å²) in [6.07, 6.45) is 1.03. The lowest BCUT2D eigenvalue weighted by Crippen LogP contribution is -2.42. The van der Waals surface area contributed by atoms with Crippen LogP contribution < -0.4 is 4.31 Å². The van der Waals surface area contributed by atoms with E-state index >= 15 is 0 Å². The molecule has 0 aliphatic rings. The first-order valence-corrected chi connectivity index (χ1v) is 10.2. The van der Waals surface area contributed by atoms with Gasteiger partial charge in [-0.15, -0.1) is 0 Å². The molecule has 0 heterocycles. The average molecular weight is 399 g/mol. The van der Waals surface area contributed by atoms with Crippen LogP contribution in [0, 0.1) is 5.82 Å². The summed E-state index contributed by atoms with van der Waals surface area (Å²) in [6, 6.07) is 12.2. The lowest BCUT2D eigenvalue weighted by Gasteiger charge is -2.27. The number of carbonyl (C=O) groups excluding carboxylic acids is 1. The zero-order valence-electron chi connectivity index (χ0n) is 14.5. The monoisotopic (exact) mass is 398 g/mol. The summed E-state index contributed by atoms with van der Waals surface area (Å²) in [5.41, 5.74) is 0.948. The number of hydrogen-bond acceptors (Lipinski definition) is 3. The van der Waals surface area contributed by atoms with E-state index < -0.39 is 10.0 Å². The predicted molar refractivity (Wildman–Crippen MR) is 101 cm³/mol. The first-order valence-electron chi connectivity index (χ1n) is 7.96. The number of rotatable bonds is 7. The van der Waals surface area contributed by atoms with E-state index in [1.54, 1.807) is 37.3 Å². The second-order valence-corrected chi connectivity index (χ2v) is 8.13. The van der Waals surface area contributed by atoms with Gasteiger partial charge in [-0.3, -0.25) is 9.10 Å². The van der Waals surface area contributed by atoms with Crippen LogP contribution in [0.4, 0.5) is 10.1 Å². The van der Waals surface area contributed by atoms with Crippen molar-refractivity contribution in [2.24, 2.45) is 0 Å². The van der Waals surface area contributed by atoms with Crippen molar-refractivity contribution < 1.29 is 17.6 Å². The van der Waals surface area contributed by atoms with Crippen LogP contribution in [0.25, 0.3) is 0 Å². The molecule has 0 aliphatic heterocycles. The Balaban J connectivity index is 2.22. The van der Waals surface area contributed by atoms with Gasteiger partial charge in [0, 0.05) is 18.1 Å². The van der Waals surface area contributed by atoms with E-state index in [4.69, 9.17) is 11.6 Å². The molecule has 0 aliphatic carbocycles. The second-order valence-electron chi connectivity index (χ2n) is 5.79. The molecule has 1 amide bonds. The number of carbonyl (C=O) groups is 1. The fourth-order valence-corrected chi connectivity index (χ4v) is 3.51. The van der Waals surface area contributed by atoms with E-state index in [0.717, 1.165) is 10.6 Å². The first-order chi connectivity index (χ1) is 12.2. The van der Waals surface area contributed by atoms with Crippen LogP contribution in [0.15, 0.2) is 48.5 Å². The fourth-order valence-electron chi connectivity index (χ4n) is 2.49. The standard InChI is InChI=1S/C18H20ClFN2O3S/c1-3-21(12-14-6-4-8-16(20)10-14)18(23)13-22(26(2,24)25)17-9-5-7-15(19)11-17/h4-11H,3,12-13H2,1-2H3. The van der Waals surface area contributed by atoms with Gasteiger partial charge in [-0.25, -0.2) is 12.8 Å². The van der Waals surface area contributed by atoms with Crippen LogP contribution in [-0.2, 0) is 21.4 Å². The highest BCUT2D eigenvalue weighted by molar-refractivity contribution is 7.92. The lowest BCUT2D eigenvalue weighted by molar-refractivity contribution is -0.129. The van der Waals surface area contributed by atoms with E-state index in [0.29, 0.717) is 22.8 Å². The van der Waals surface area contributed by atoms with Crippen molar-refractivity contribution in [3.8, 4) is 0 Å². The minimum absolute atomic E-state index is 0.195. The van der Waals surface area contributed by atoms with Gasteiger partial charge in [-0.2, -0.15) is 0 Å². The first kappa shape index (κ1) is 20.2. The minimum Gasteiger partial charge on any atom is -0.337 e. The van der Waals surface area contributed by atoms with Gasteiger partial charge in [0.05, 0.1) is 11.9 Å². The highest BCUT2D eigenvalue weighted by atomic mass is 35.5. The maximum Gasteiger partial charge on any atom is 0.243 e. The van der Waals surface area contributed by atoms with Gasteiger partial charge in [0.25, 0.3) is 0 Å². The van der Waals surface area contributed by atoms with Gasteiger partial charge in [-0.05, 0) is 42.8 Å². The summed E-state index contributed by atoms with van der Waals surface area (Å²) in [7, 11) is -3.68. The molecule has 26 heavy (non-hydrogen) atoms. The number of sulfonamides is 1. The van der Waals surface area contributed by atoms with Crippen LogP contribution in [0.1, 0.15) is 12.5 Å². The molecular formula is C18H20ClFN2O3S. The predicted octanol–water partition coefficient (Wildman–Crippen LogP) is 3.29. The van der Waals surface area contributed by atoms with Crippen molar-refractivity contribution in [3.63, 3.8) is 0 Å². The Morgan fingerprint density at radius 2 is 1.85 bits per heavy atom. The minimum atomic E-state index is -3.68. The highest BCUT2D eigenvalue weighted by Gasteiger charge is 2.24. The van der Waals surface area contributed by atoms with Gasteiger partial charge in [0.1, 0.15) is 12.4 Å². The number of benzene rings is 2.